The van der Waals surface area contributed by atoms with Crippen LogP contribution >= 0.6 is 0 Å². The molecule has 5 heteroatoms. The second kappa shape index (κ2) is 5.93. The normalized spacial score (nSPS) is 25.0. The Bertz CT molecular complexity index is 531. The minimum absolute atomic E-state index is 0.101. The van der Waals surface area contributed by atoms with Gasteiger partial charge in [-0.2, -0.15) is 0 Å². The second-order valence-corrected chi connectivity index (χ2v) is 5.65. The Morgan fingerprint density at radius 1 is 1.43 bits per heavy atom. The molecule has 1 saturated heterocycles. The monoisotopic (exact) mass is 291 g/mol. The molecule has 1 fully saturated rings. The van der Waals surface area contributed by atoms with Crippen LogP contribution in [0.15, 0.2) is 18.2 Å². The largest absolute Gasteiger partial charge is 0.497 e. The van der Waals surface area contributed by atoms with Gasteiger partial charge >= 0.3 is 0 Å². The van der Waals surface area contributed by atoms with E-state index < -0.39 is 0 Å². The Labute approximate surface area is 124 Å². The van der Waals surface area contributed by atoms with Gasteiger partial charge in [-0.1, -0.05) is 6.07 Å². The van der Waals surface area contributed by atoms with E-state index in [1.807, 2.05) is 30.0 Å². The highest BCUT2D eigenvalue weighted by Crippen LogP contribution is 2.31. The van der Waals surface area contributed by atoms with Crippen molar-refractivity contribution in [2.24, 2.45) is 5.92 Å². The number of morpholine rings is 1. The zero-order valence-corrected chi connectivity index (χ0v) is 12.5. The van der Waals surface area contributed by atoms with Gasteiger partial charge < -0.3 is 19.1 Å². The van der Waals surface area contributed by atoms with Crippen LogP contribution in [0.25, 0.3) is 0 Å². The maximum absolute atomic E-state index is 12.6. The number of fused-ring (bicyclic) bond motifs is 1. The van der Waals surface area contributed by atoms with Gasteiger partial charge in [-0.3, -0.25) is 4.79 Å². The maximum atomic E-state index is 12.6. The number of hydrogen-bond donors (Lipinski definition) is 0. The molecule has 114 valence electrons. The number of ether oxygens (including phenoxy) is 3. The number of carbonyl (C=O) groups excluding carboxylic acids is 1. The number of rotatable bonds is 2. The quantitative estimate of drug-likeness (QED) is 0.828. The van der Waals surface area contributed by atoms with Crippen LogP contribution in [0.5, 0.6) is 11.5 Å². The lowest BCUT2D eigenvalue weighted by molar-refractivity contribution is -0.143. The lowest BCUT2D eigenvalue weighted by Gasteiger charge is -2.35. The summed E-state index contributed by atoms with van der Waals surface area (Å²) >= 11 is 0. The summed E-state index contributed by atoms with van der Waals surface area (Å²) in [5, 5.41) is 0. The molecule has 0 unspecified atom stereocenters. The van der Waals surface area contributed by atoms with Crippen molar-refractivity contribution in [3.05, 3.63) is 23.8 Å². The first-order valence-corrected chi connectivity index (χ1v) is 7.37. The first-order valence-electron chi connectivity index (χ1n) is 7.37. The minimum atomic E-state index is -0.101. The average Bonchev–Trinajstić information content (AvgIpc) is 2.53. The van der Waals surface area contributed by atoms with E-state index in [4.69, 9.17) is 14.2 Å². The smallest absolute Gasteiger partial charge is 0.229 e. The van der Waals surface area contributed by atoms with Gasteiger partial charge in [-0.25, -0.2) is 0 Å². The molecule has 0 radical (unpaired) electrons. The van der Waals surface area contributed by atoms with Gasteiger partial charge in [-0.15, -0.1) is 0 Å². The fourth-order valence-corrected chi connectivity index (χ4v) is 2.91. The third kappa shape index (κ3) is 2.97. The van der Waals surface area contributed by atoms with Crippen molar-refractivity contribution < 1.29 is 19.0 Å². The fourth-order valence-electron chi connectivity index (χ4n) is 2.91. The van der Waals surface area contributed by atoms with Crippen LogP contribution in [0.4, 0.5) is 0 Å². The molecule has 0 N–H and O–H groups in total. The zero-order valence-electron chi connectivity index (χ0n) is 12.5. The lowest BCUT2D eigenvalue weighted by atomic mass is 9.95. The number of methoxy groups -OCH3 is 1. The van der Waals surface area contributed by atoms with E-state index in [-0.39, 0.29) is 17.9 Å². The van der Waals surface area contributed by atoms with Crippen LogP contribution in [0.2, 0.25) is 0 Å². The first-order chi connectivity index (χ1) is 10.2. The van der Waals surface area contributed by atoms with Crippen molar-refractivity contribution in [1.29, 1.82) is 0 Å². The minimum Gasteiger partial charge on any atom is -0.497 e. The standard InChI is InChI=1S/C16H21NO4/c1-11-9-17(5-6-20-11)16(18)13-7-12-3-4-14(19-2)8-15(12)21-10-13/h3-4,8,11,13H,5-7,9-10H2,1-2H3/t11-,13+/m0/s1. The Morgan fingerprint density at radius 3 is 3.05 bits per heavy atom. The predicted molar refractivity (Wildman–Crippen MR) is 77.7 cm³/mol. The summed E-state index contributed by atoms with van der Waals surface area (Å²) in [6, 6.07) is 5.77. The van der Waals surface area contributed by atoms with Gasteiger partial charge in [0.2, 0.25) is 5.91 Å². The molecule has 3 rings (SSSR count). The van der Waals surface area contributed by atoms with Crippen LogP contribution in [0.3, 0.4) is 0 Å². The van der Waals surface area contributed by atoms with E-state index in [1.165, 1.54) is 0 Å². The van der Waals surface area contributed by atoms with E-state index in [0.29, 0.717) is 26.3 Å². The summed E-state index contributed by atoms with van der Waals surface area (Å²) in [6.45, 7) is 4.40. The van der Waals surface area contributed by atoms with E-state index in [1.54, 1.807) is 7.11 Å². The fraction of sp³-hybridized carbons (Fsp3) is 0.562. The summed E-state index contributed by atoms with van der Waals surface area (Å²) in [6.07, 6.45) is 0.841. The summed E-state index contributed by atoms with van der Waals surface area (Å²) in [7, 11) is 1.64. The molecule has 21 heavy (non-hydrogen) atoms. The lowest BCUT2D eigenvalue weighted by Crippen LogP contribution is -2.48. The van der Waals surface area contributed by atoms with Crippen molar-refractivity contribution in [1.82, 2.24) is 4.90 Å². The molecule has 0 aromatic heterocycles. The van der Waals surface area contributed by atoms with Gasteiger partial charge in [0.15, 0.2) is 0 Å². The molecule has 1 aromatic carbocycles. The second-order valence-electron chi connectivity index (χ2n) is 5.65. The molecule has 1 amide bonds. The SMILES string of the molecule is COc1ccc2c(c1)OC[C@H](C(=O)N1CCO[C@@H](C)C1)C2. The average molecular weight is 291 g/mol. The van der Waals surface area contributed by atoms with E-state index >= 15 is 0 Å². The number of hydrogen-bond acceptors (Lipinski definition) is 4. The molecule has 5 nitrogen and oxygen atoms in total. The van der Waals surface area contributed by atoms with Crippen molar-refractivity contribution in [3.63, 3.8) is 0 Å². The highest BCUT2D eigenvalue weighted by molar-refractivity contribution is 5.80. The summed E-state index contributed by atoms with van der Waals surface area (Å²) in [5.74, 6) is 1.68. The summed E-state index contributed by atoms with van der Waals surface area (Å²) in [4.78, 5) is 14.5. The van der Waals surface area contributed by atoms with Crippen LogP contribution in [0.1, 0.15) is 12.5 Å². The molecule has 2 aliphatic heterocycles. The highest BCUT2D eigenvalue weighted by Gasteiger charge is 2.31. The van der Waals surface area contributed by atoms with Crippen LogP contribution in [0, 0.1) is 5.92 Å². The van der Waals surface area contributed by atoms with Gasteiger partial charge in [0, 0.05) is 19.2 Å². The summed E-state index contributed by atoms with van der Waals surface area (Å²) < 4.78 is 16.4. The summed E-state index contributed by atoms with van der Waals surface area (Å²) in [5.41, 5.74) is 1.07. The van der Waals surface area contributed by atoms with Gasteiger partial charge in [-0.05, 0) is 25.0 Å². The predicted octanol–water partition coefficient (Wildman–Crippen LogP) is 1.49. The maximum Gasteiger partial charge on any atom is 0.229 e. The number of benzene rings is 1. The van der Waals surface area contributed by atoms with Crippen LogP contribution < -0.4 is 9.47 Å². The molecule has 0 aliphatic carbocycles. The molecular formula is C16H21NO4. The number of nitrogens with zero attached hydrogens (tertiary/aromatic N) is 1. The Morgan fingerprint density at radius 2 is 2.29 bits per heavy atom. The number of amides is 1. The molecule has 0 bridgehead atoms. The Balaban J connectivity index is 1.69. The third-order valence-electron chi connectivity index (χ3n) is 4.08. The van der Waals surface area contributed by atoms with Gasteiger partial charge in [0.05, 0.1) is 25.7 Å². The Kier molecular flexibility index (Phi) is 4.01. The molecule has 2 heterocycles. The highest BCUT2D eigenvalue weighted by atomic mass is 16.5. The molecule has 2 aliphatic rings. The van der Waals surface area contributed by atoms with Crippen molar-refractivity contribution in [2.45, 2.75) is 19.4 Å². The van der Waals surface area contributed by atoms with Crippen molar-refractivity contribution >= 4 is 5.91 Å². The zero-order chi connectivity index (χ0) is 14.8. The molecule has 0 spiro atoms. The van der Waals surface area contributed by atoms with Crippen molar-refractivity contribution in [3.8, 4) is 11.5 Å². The third-order valence-corrected chi connectivity index (χ3v) is 4.08. The van der Waals surface area contributed by atoms with E-state index in [2.05, 4.69) is 0 Å². The number of carbonyl (C=O) groups is 1. The van der Waals surface area contributed by atoms with Gasteiger partial charge in [0.1, 0.15) is 18.1 Å². The molecular weight excluding hydrogens is 270 g/mol. The van der Waals surface area contributed by atoms with Crippen molar-refractivity contribution in [2.75, 3.05) is 33.4 Å². The first kappa shape index (κ1) is 14.2. The molecule has 1 aromatic rings. The van der Waals surface area contributed by atoms with E-state index in [9.17, 15) is 4.79 Å². The molecule has 2 atom stereocenters. The molecule has 0 saturated carbocycles. The van der Waals surface area contributed by atoms with Gasteiger partial charge in [0.25, 0.3) is 0 Å². The van der Waals surface area contributed by atoms with Crippen LogP contribution in [-0.4, -0.2) is 50.3 Å². The topological polar surface area (TPSA) is 48.0 Å². The van der Waals surface area contributed by atoms with E-state index in [0.717, 1.165) is 23.5 Å². The Hall–Kier alpha value is -1.75. The van der Waals surface area contributed by atoms with Crippen LogP contribution in [-0.2, 0) is 16.0 Å².